The molecule has 2 rings (SSSR count). The van der Waals surface area contributed by atoms with Gasteiger partial charge in [-0.25, -0.2) is 4.39 Å². The molecule has 0 atom stereocenters. The van der Waals surface area contributed by atoms with E-state index in [-0.39, 0.29) is 42.1 Å². The second kappa shape index (κ2) is 11.6. The maximum absolute atomic E-state index is 12.9. The molecule has 1 heterocycles. The van der Waals surface area contributed by atoms with Crippen LogP contribution >= 0.6 is 24.0 Å². The lowest BCUT2D eigenvalue weighted by atomic mass is 10.1. The largest absolute Gasteiger partial charge is 0.354 e. The van der Waals surface area contributed by atoms with Crippen LogP contribution in [0.1, 0.15) is 11.3 Å². The molecule has 27 heavy (non-hydrogen) atoms. The second-order valence-electron chi connectivity index (χ2n) is 6.09. The van der Waals surface area contributed by atoms with Gasteiger partial charge in [0.2, 0.25) is 5.91 Å². The molecule has 1 amide bonds. The van der Waals surface area contributed by atoms with E-state index in [4.69, 9.17) is 0 Å². The summed E-state index contributed by atoms with van der Waals surface area (Å²) in [6, 6.07) is 10.0. The van der Waals surface area contributed by atoms with Crippen LogP contribution in [0.15, 0.2) is 47.6 Å². The molecule has 0 unspecified atom stereocenters. The van der Waals surface area contributed by atoms with Crippen LogP contribution in [0.25, 0.3) is 0 Å². The summed E-state index contributed by atoms with van der Waals surface area (Å²) < 4.78 is 14.9. The molecule has 0 spiro atoms. The number of carbonyl (C=O) groups excluding carboxylic acids is 1. The van der Waals surface area contributed by atoms with Gasteiger partial charge in [-0.3, -0.25) is 9.79 Å². The van der Waals surface area contributed by atoms with Crippen molar-refractivity contribution in [2.75, 3.05) is 27.2 Å². The number of aryl methyl sites for hydroxylation is 1. The van der Waals surface area contributed by atoms with Crippen LogP contribution < -0.4 is 10.6 Å². The quantitative estimate of drug-likeness (QED) is 0.273. The molecule has 8 heteroatoms. The van der Waals surface area contributed by atoms with Crippen molar-refractivity contribution in [1.29, 1.82) is 0 Å². The molecule has 0 aliphatic rings. The van der Waals surface area contributed by atoms with Crippen molar-refractivity contribution >= 4 is 35.8 Å². The molecular weight excluding hydrogens is 460 g/mol. The third-order valence-electron chi connectivity index (χ3n) is 4.03. The summed E-state index contributed by atoms with van der Waals surface area (Å²) in [5, 5.41) is 6.08. The van der Waals surface area contributed by atoms with Crippen molar-refractivity contribution in [2.24, 2.45) is 12.0 Å². The summed E-state index contributed by atoms with van der Waals surface area (Å²) in [4.78, 5) is 18.2. The van der Waals surface area contributed by atoms with Gasteiger partial charge in [0.25, 0.3) is 0 Å². The van der Waals surface area contributed by atoms with Crippen molar-refractivity contribution in [3.05, 3.63) is 59.7 Å². The van der Waals surface area contributed by atoms with Crippen LogP contribution in [0.3, 0.4) is 0 Å². The predicted octanol–water partition coefficient (Wildman–Crippen LogP) is 2.15. The highest BCUT2D eigenvalue weighted by atomic mass is 127. The lowest BCUT2D eigenvalue weighted by Gasteiger charge is -2.22. The van der Waals surface area contributed by atoms with E-state index in [0.29, 0.717) is 13.1 Å². The molecule has 2 aromatic rings. The second-order valence-corrected chi connectivity index (χ2v) is 6.09. The number of carbonyl (C=O) groups is 1. The van der Waals surface area contributed by atoms with E-state index in [1.165, 1.54) is 17.8 Å². The third kappa shape index (κ3) is 7.58. The number of guanidine groups is 1. The van der Waals surface area contributed by atoms with Crippen molar-refractivity contribution < 1.29 is 9.18 Å². The summed E-state index contributed by atoms with van der Waals surface area (Å²) in [6.07, 6.45) is 2.25. The zero-order valence-electron chi connectivity index (χ0n) is 15.9. The molecule has 6 nitrogen and oxygen atoms in total. The van der Waals surface area contributed by atoms with Gasteiger partial charge in [-0.05, 0) is 29.8 Å². The molecular formula is C19H27FIN5O. The van der Waals surface area contributed by atoms with Crippen LogP contribution in [0.2, 0.25) is 0 Å². The van der Waals surface area contributed by atoms with E-state index in [2.05, 4.69) is 26.3 Å². The van der Waals surface area contributed by atoms with Crippen LogP contribution in [0.4, 0.5) is 4.39 Å². The number of amides is 1. The molecule has 0 bridgehead atoms. The number of hydrogen-bond donors (Lipinski definition) is 2. The first-order valence-electron chi connectivity index (χ1n) is 8.52. The van der Waals surface area contributed by atoms with Crippen molar-refractivity contribution in [3.63, 3.8) is 0 Å². The molecule has 0 saturated carbocycles. The first-order chi connectivity index (χ1) is 12.5. The number of aliphatic imine (C=N–C) groups is 1. The van der Waals surface area contributed by atoms with E-state index < -0.39 is 0 Å². The number of nitrogens with zero attached hydrogens (tertiary/aromatic N) is 3. The lowest BCUT2D eigenvalue weighted by molar-refractivity contribution is -0.120. The Morgan fingerprint density at radius 1 is 1.19 bits per heavy atom. The number of halogens is 2. The molecule has 1 aromatic carbocycles. The van der Waals surface area contributed by atoms with E-state index in [1.807, 2.05) is 31.3 Å². The van der Waals surface area contributed by atoms with Crippen LogP contribution in [-0.2, 0) is 24.8 Å². The zero-order valence-corrected chi connectivity index (χ0v) is 18.2. The first-order valence-corrected chi connectivity index (χ1v) is 8.52. The SMILES string of the molecule is CN=C(NCCNC(=O)Cc1ccc(F)cc1)N(C)Cc1cccn1C.I. The Balaban J connectivity index is 0.00000364. The highest BCUT2D eigenvalue weighted by molar-refractivity contribution is 14.0. The summed E-state index contributed by atoms with van der Waals surface area (Å²) in [5.74, 6) is 0.369. The van der Waals surface area contributed by atoms with Crippen LogP contribution in [-0.4, -0.2) is 48.5 Å². The standard InChI is InChI=1S/C19H26FN5O.HI/c1-21-19(25(3)14-17-5-4-12-24(17)2)23-11-10-22-18(26)13-15-6-8-16(20)9-7-15;/h4-9,12H,10-11,13-14H2,1-3H3,(H,21,23)(H,22,26);1H. The van der Waals surface area contributed by atoms with Gasteiger partial charge in [0, 0.05) is 46.1 Å². The van der Waals surface area contributed by atoms with E-state index >= 15 is 0 Å². The Morgan fingerprint density at radius 3 is 2.44 bits per heavy atom. The number of nitrogens with one attached hydrogen (secondary N) is 2. The fourth-order valence-corrected chi connectivity index (χ4v) is 2.59. The average Bonchev–Trinajstić information content (AvgIpc) is 3.01. The first kappa shape index (κ1) is 22.9. The highest BCUT2D eigenvalue weighted by Gasteiger charge is 2.08. The lowest BCUT2D eigenvalue weighted by Crippen LogP contribution is -2.42. The normalized spacial score (nSPS) is 10.9. The van der Waals surface area contributed by atoms with Crippen molar-refractivity contribution in [3.8, 4) is 0 Å². The van der Waals surface area contributed by atoms with Gasteiger partial charge in [-0.1, -0.05) is 12.1 Å². The Bertz CT molecular complexity index is 745. The van der Waals surface area contributed by atoms with Crippen LogP contribution in [0, 0.1) is 5.82 Å². The fourth-order valence-electron chi connectivity index (χ4n) is 2.59. The molecule has 148 valence electrons. The highest BCUT2D eigenvalue weighted by Crippen LogP contribution is 2.04. The molecule has 0 fully saturated rings. The molecule has 2 N–H and O–H groups in total. The minimum atomic E-state index is -0.302. The Hall–Kier alpha value is -2.10. The molecule has 1 aromatic heterocycles. The summed E-state index contributed by atoms with van der Waals surface area (Å²) in [7, 11) is 5.71. The minimum Gasteiger partial charge on any atom is -0.354 e. The number of benzene rings is 1. The van der Waals surface area contributed by atoms with Gasteiger partial charge in [-0.2, -0.15) is 0 Å². The summed E-state index contributed by atoms with van der Waals surface area (Å²) in [5.41, 5.74) is 1.97. The van der Waals surface area contributed by atoms with Gasteiger partial charge >= 0.3 is 0 Å². The smallest absolute Gasteiger partial charge is 0.224 e. The topological polar surface area (TPSA) is 61.7 Å². The summed E-state index contributed by atoms with van der Waals surface area (Å²) in [6.45, 7) is 1.79. The molecule has 0 aliphatic heterocycles. The van der Waals surface area contributed by atoms with Gasteiger partial charge in [-0.15, -0.1) is 24.0 Å². The maximum Gasteiger partial charge on any atom is 0.224 e. The molecule has 0 aliphatic carbocycles. The van der Waals surface area contributed by atoms with E-state index in [1.54, 1.807) is 19.2 Å². The Kier molecular flexibility index (Phi) is 9.84. The van der Waals surface area contributed by atoms with Gasteiger partial charge in [0.05, 0.1) is 13.0 Å². The van der Waals surface area contributed by atoms with E-state index in [9.17, 15) is 9.18 Å². The molecule has 0 radical (unpaired) electrons. The average molecular weight is 487 g/mol. The Morgan fingerprint density at radius 2 is 1.85 bits per heavy atom. The number of rotatable bonds is 7. The van der Waals surface area contributed by atoms with Crippen LogP contribution in [0.5, 0.6) is 0 Å². The van der Waals surface area contributed by atoms with Gasteiger partial charge in [0.15, 0.2) is 5.96 Å². The Labute approximate surface area is 176 Å². The molecule has 0 saturated heterocycles. The van der Waals surface area contributed by atoms with E-state index in [0.717, 1.165) is 18.1 Å². The number of hydrogen-bond acceptors (Lipinski definition) is 2. The maximum atomic E-state index is 12.9. The zero-order chi connectivity index (χ0) is 18.9. The summed E-state index contributed by atoms with van der Waals surface area (Å²) >= 11 is 0. The van der Waals surface area contributed by atoms with Crippen molar-refractivity contribution in [2.45, 2.75) is 13.0 Å². The monoisotopic (exact) mass is 487 g/mol. The minimum absolute atomic E-state index is 0. The predicted molar refractivity (Wildman–Crippen MR) is 117 cm³/mol. The van der Waals surface area contributed by atoms with Gasteiger partial charge in [0.1, 0.15) is 5.82 Å². The van der Waals surface area contributed by atoms with Gasteiger partial charge < -0.3 is 20.1 Å². The number of aromatic nitrogens is 1. The fraction of sp³-hybridized carbons (Fsp3) is 0.368. The third-order valence-corrected chi connectivity index (χ3v) is 4.03. The van der Waals surface area contributed by atoms with Crippen molar-refractivity contribution in [1.82, 2.24) is 20.1 Å².